The number of aliphatic carboxylic acids is 1. The average molecular weight is 863 g/mol. The van der Waals surface area contributed by atoms with E-state index in [1.165, 1.54) is 36.4 Å². The van der Waals surface area contributed by atoms with Gasteiger partial charge in [-0.3, -0.25) is 28.0 Å². The number of H-pyrrole nitrogens is 1. The number of anilines is 2. The fourth-order valence-corrected chi connectivity index (χ4v) is 9.50. The quantitative estimate of drug-likeness (QED) is 0.0717. The highest BCUT2D eigenvalue weighted by Crippen LogP contribution is 2.46. The summed E-state index contributed by atoms with van der Waals surface area (Å²) in [5.41, 5.74) is -4.98. The molecule has 0 atom stereocenters. The Balaban J connectivity index is 1.58. The first-order valence-corrected chi connectivity index (χ1v) is 21.9. The first-order valence-electron chi connectivity index (χ1n) is 15.9. The lowest BCUT2D eigenvalue weighted by Crippen LogP contribution is -2.26. The number of benzene rings is 4. The summed E-state index contributed by atoms with van der Waals surface area (Å²) in [6.07, 6.45) is -0.873. The summed E-state index contributed by atoms with van der Waals surface area (Å²) in [7, 11) is -19.7. The molecule has 1 heterocycles. The van der Waals surface area contributed by atoms with Crippen LogP contribution in [0.25, 0.3) is 22.0 Å². The van der Waals surface area contributed by atoms with Gasteiger partial charge in [0.2, 0.25) is 0 Å². The van der Waals surface area contributed by atoms with E-state index in [0.717, 1.165) is 24.3 Å². The van der Waals surface area contributed by atoms with Gasteiger partial charge in [0, 0.05) is 22.9 Å². The van der Waals surface area contributed by atoms with Crippen LogP contribution in [0.5, 0.6) is 0 Å². The number of nitrogens with one attached hydrogen (secondary N) is 2. The van der Waals surface area contributed by atoms with Crippen LogP contribution in [0.3, 0.4) is 0 Å². The Bertz CT molecular complexity index is 3100. The number of ketones is 1. The minimum absolute atomic E-state index is 0.0504. The van der Waals surface area contributed by atoms with E-state index in [-0.39, 0.29) is 28.7 Å². The predicted molar refractivity (Wildman–Crippen MR) is 197 cm³/mol. The average Bonchev–Trinajstić information content (AvgIpc) is 3.11. The molecule has 0 aliphatic heterocycles. The fraction of sp³-hybridized carbons (Fsp3) is 0.118. The molecule has 0 fully saturated rings. The Morgan fingerprint density at radius 3 is 2.00 bits per heavy atom. The number of fused-ring (bicyclic) bond motifs is 2. The van der Waals surface area contributed by atoms with Crippen molar-refractivity contribution in [1.29, 1.82) is 0 Å². The maximum Gasteiger partial charge on any atom is 0.344 e. The highest BCUT2D eigenvalue weighted by atomic mass is 32.2. The van der Waals surface area contributed by atoms with Gasteiger partial charge in [0.15, 0.2) is 15.6 Å². The Hall–Kier alpha value is -5.82. The summed E-state index contributed by atoms with van der Waals surface area (Å²) in [6.45, 7) is -0.659. The van der Waals surface area contributed by atoms with Crippen molar-refractivity contribution in [2.24, 2.45) is 0 Å². The molecule has 19 nitrogen and oxygen atoms in total. The number of carbonyl (C=O) groups is 3. The van der Waals surface area contributed by atoms with Crippen molar-refractivity contribution >= 4 is 80.2 Å². The Kier molecular flexibility index (Phi) is 10.5. The zero-order valence-electron chi connectivity index (χ0n) is 28.5. The molecule has 6 rings (SSSR count). The van der Waals surface area contributed by atoms with Crippen LogP contribution in [0.2, 0.25) is 0 Å². The largest absolute Gasteiger partial charge is 0.481 e. The molecule has 0 saturated heterocycles. The van der Waals surface area contributed by atoms with Crippen LogP contribution in [0.4, 0.5) is 11.4 Å². The lowest BCUT2D eigenvalue weighted by atomic mass is 9.81. The van der Waals surface area contributed by atoms with Crippen molar-refractivity contribution in [2.45, 2.75) is 39.0 Å². The molecule has 0 unspecified atom stereocenters. The molecular formula is C34H26N2O17S4. The number of carbonyl (C=O) groups excluding carboxylic acids is 2. The third-order valence-electron chi connectivity index (χ3n) is 8.64. The summed E-state index contributed by atoms with van der Waals surface area (Å²) in [5.74, 6) is -4.25. The van der Waals surface area contributed by atoms with Crippen molar-refractivity contribution < 1.29 is 71.6 Å². The minimum Gasteiger partial charge on any atom is -0.481 e. The summed E-state index contributed by atoms with van der Waals surface area (Å²) < 4.78 is 135. The van der Waals surface area contributed by atoms with E-state index in [9.17, 15) is 66.5 Å². The van der Waals surface area contributed by atoms with Gasteiger partial charge in [0.05, 0.1) is 38.0 Å². The number of sulfone groups is 1. The molecule has 0 bridgehead atoms. The maximum absolute atomic E-state index is 14.3. The number of carboxylic acids is 1. The van der Waals surface area contributed by atoms with Gasteiger partial charge in [-0.1, -0.05) is 36.4 Å². The van der Waals surface area contributed by atoms with Gasteiger partial charge in [-0.2, -0.15) is 25.3 Å². The summed E-state index contributed by atoms with van der Waals surface area (Å²) in [5, 5.41) is 10.9. The number of ether oxygens (including phenoxy) is 1. The molecule has 1 aliphatic carbocycles. The number of hydrogen-bond donors (Lipinski definition) is 6. The normalized spacial score (nSPS) is 12.9. The fourth-order valence-electron chi connectivity index (χ4n) is 6.19. The molecule has 4 aromatic carbocycles. The van der Waals surface area contributed by atoms with E-state index in [4.69, 9.17) is 9.84 Å². The highest BCUT2D eigenvalue weighted by Gasteiger charge is 2.36. The van der Waals surface area contributed by atoms with Crippen LogP contribution in [-0.2, 0) is 56.3 Å². The first kappa shape index (κ1) is 40.8. The number of hydrogen-bond acceptors (Lipinski definition) is 14. The van der Waals surface area contributed by atoms with Crippen molar-refractivity contribution in [3.05, 3.63) is 105 Å². The van der Waals surface area contributed by atoms with Gasteiger partial charge in [0.25, 0.3) is 35.9 Å². The summed E-state index contributed by atoms with van der Waals surface area (Å²) in [4.78, 5) is 51.4. The Morgan fingerprint density at radius 2 is 1.37 bits per heavy atom. The zero-order valence-corrected chi connectivity index (χ0v) is 31.8. The molecule has 1 aliphatic rings. The molecule has 23 heteroatoms. The second-order valence-electron chi connectivity index (χ2n) is 12.4. The van der Waals surface area contributed by atoms with E-state index in [1.54, 1.807) is 0 Å². The van der Waals surface area contributed by atoms with Gasteiger partial charge >= 0.3 is 11.9 Å². The molecule has 1 aromatic heterocycles. The van der Waals surface area contributed by atoms with Crippen LogP contribution >= 0.6 is 0 Å². The molecule has 6 N–H and O–H groups in total. The number of aromatic nitrogens is 1. The number of rotatable bonds is 13. The van der Waals surface area contributed by atoms with Crippen LogP contribution in [0, 0.1) is 0 Å². The Morgan fingerprint density at radius 1 is 0.702 bits per heavy atom. The van der Waals surface area contributed by atoms with E-state index in [2.05, 4.69) is 10.3 Å². The molecule has 0 saturated carbocycles. The van der Waals surface area contributed by atoms with Crippen LogP contribution in [0.15, 0.2) is 97.2 Å². The summed E-state index contributed by atoms with van der Waals surface area (Å²) >= 11 is 0. The van der Waals surface area contributed by atoms with Gasteiger partial charge in [-0.15, -0.1) is 0 Å². The molecule has 0 radical (unpaired) electrons. The number of esters is 1. The SMILES string of the molecule is O=C(O)CCCS(=O)(=O)c1ccc(Nc2cc(S(=O)(=O)O)c3[nH]c(=O)c(C(=O)OCc4cccc(S(=O)(=O)O)c4)c4c3c2C(=O)c2ccccc2-4)c(S(=O)(=O)O)c1. The topological polar surface area (TPSA) is 323 Å². The van der Waals surface area contributed by atoms with E-state index < -0.39 is 135 Å². The standard InChI is InChI=1S/C34H26N2O17S4/c37-26(38)9-4-12-54(42,43)18-10-11-22(24(14-18)56(47,48)49)35-23-15-25(57(50,51)52)31-29-27(20-7-1-2-8-21(20)32(39)28(23)29)30(33(40)36-31)34(41)53-16-17-5-3-6-19(13-17)55(44,45)46/h1-3,5-8,10-11,13-15,35H,4,9,12,16H2,(H,36,40)(H,37,38)(H,44,45,46)(H,47,48,49)(H,50,51,52). The molecule has 57 heavy (non-hydrogen) atoms. The number of aromatic amines is 1. The third-order valence-corrected chi connectivity index (χ3v) is 13.1. The minimum atomic E-state index is -5.34. The maximum atomic E-state index is 14.3. The lowest BCUT2D eigenvalue weighted by molar-refractivity contribution is -0.137. The number of pyridine rings is 1. The molecule has 5 aromatic rings. The highest BCUT2D eigenvalue weighted by molar-refractivity contribution is 7.91. The van der Waals surface area contributed by atoms with Gasteiger partial charge in [-0.25, -0.2) is 13.2 Å². The third kappa shape index (κ3) is 8.06. The second-order valence-corrected chi connectivity index (χ2v) is 18.7. The van der Waals surface area contributed by atoms with E-state index in [0.29, 0.717) is 12.1 Å². The van der Waals surface area contributed by atoms with Gasteiger partial charge in [0.1, 0.15) is 22.0 Å². The lowest BCUT2D eigenvalue weighted by Gasteiger charge is -2.25. The monoisotopic (exact) mass is 862 g/mol. The van der Waals surface area contributed by atoms with Crippen molar-refractivity contribution in [1.82, 2.24) is 4.98 Å². The summed E-state index contributed by atoms with van der Waals surface area (Å²) in [6, 6.07) is 13.0. The first-order chi connectivity index (χ1) is 26.5. The molecule has 0 amide bonds. The molecule has 0 spiro atoms. The smallest absolute Gasteiger partial charge is 0.344 e. The van der Waals surface area contributed by atoms with Crippen molar-refractivity contribution in [3.8, 4) is 11.1 Å². The number of carboxylic acid groups (broad SMARTS) is 1. The zero-order chi connectivity index (χ0) is 41.8. The van der Waals surface area contributed by atoms with Crippen molar-refractivity contribution in [2.75, 3.05) is 11.1 Å². The second kappa shape index (κ2) is 14.6. The van der Waals surface area contributed by atoms with E-state index in [1.807, 2.05) is 0 Å². The van der Waals surface area contributed by atoms with Crippen molar-refractivity contribution in [3.63, 3.8) is 0 Å². The van der Waals surface area contributed by atoms with Crippen LogP contribution in [-0.4, -0.2) is 80.9 Å². The molecule has 298 valence electrons. The Labute approximate surface area is 322 Å². The van der Waals surface area contributed by atoms with Crippen LogP contribution in [0.1, 0.15) is 44.7 Å². The van der Waals surface area contributed by atoms with Gasteiger partial charge < -0.3 is 20.1 Å². The van der Waals surface area contributed by atoms with Crippen LogP contribution < -0.4 is 10.9 Å². The molecular weight excluding hydrogens is 837 g/mol. The van der Waals surface area contributed by atoms with E-state index >= 15 is 0 Å². The van der Waals surface area contributed by atoms with Gasteiger partial charge in [-0.05, 0) is 53.9 Å². The predicted octanol–water partition coefficient (Wildman–Crippen LogP) is 3.22.